The van der Waals surface area contributed by atoms with Gasteiger partial charge in [0.05, 0.1) is 6.42 Å². The zero-order chi connectivity index (χ0) is 27.9. The van der Waals surface area contributed by atoms with Crippen molar-refractivity contribution in [2.45, 2.75) is 44.3 Å². The molecule has 0 saturated carbocycles. The molecular formula is C28H28N6O5. The van der Waals surface area contributed by atoms with Crippen LogP contribution < -0.4 is 10.6 Å². The van der Waals surface area contributed by atoms with E-state index < -0.39 is 35.3 Å². The minimum atomic E-state index is -1.04. The molecule has 2 N–H and O–H groups in total. The number of nitrogens with one attached hydrogen (secondary N) is 2. The molecule has 2 aliphatic rings. The number of para-hydroxylation sites is 3. The number of likely N-dealkylation sites (N-methyl/N-ethyl adjacent to an activating group) is 1. The van der Waals surface area contributed by atoms with Gasteiger partial charge in [-0.15, -0.1) is 0 Å². The van der Waals surface area contributed by atoms with E-state index >= 15 is 0 Å². The quantitative estimate of drug-likeness (QED) is 0.387. The number of hydrogen-bond acceptors (Lipinski definition) is 6. The van der Waals surface area contributed by atoms with Gasteiger partial charge >= 0.3 is 24.0 Å². The monoisotopic (exact) mass is 528 g/mol. The van der Waals surface area contributed by atoms with Crippen molar-refractivity contribution in [3.8, 4) is 0 Å². The zero-order valence-electron chi connectivity index (χ0n) is 21.8. The summed E-state index contributed by atoms with van der Waals surface area (Å²) in [5.41, 5.74) is 1.35. The predicted molar refractivity (Wildman–Crippen MR) is 142 cm³/mol. The summed E-state index contributed by atoms with van der Waals surface area (Å²) in [4.78, 5) is 63.4. The van der Waals surface area contributed by atoms with E-state index in [0.717, 1.165) is 10.5 Å². The second-order valence-electron chi connectivity index (χ2n) is 10.4. The van der Waals surface area contributed by atoms with Crippen LogP contribution in [-0.2, 0) is 24.6 Å². The van der Waals surface area contributed by atoms with E-state index in [0.29, 0.717) is 16.8 Å². The number of hydrogen-bond donors (Lipinski definition) is 2. The molecule has 1 fully saturated rings. The number of aromatic nitrogens is 1. The molecule has 0 bridgehead atoms. The second-order valence-corrected chi connectivity index (χ2v) is 10.4. The Balaban J connectivity index is 1.38. The summed E-state index contributed by atoms with van der Waals surface area (Å²) in [5.74, 6) is -2.70. The normalized spacial score (nSPS) is 20.5. The van der Waals surface area contributed by atoms with Gasteiger partial charge in [-0.2, -0.15) is 4.98 Å². The first kappa shape index (κ1) is 25.9. The lowest BCUT2D eigenvalue weighted by Gasteiger charge is -2.31. The molecule has 0 radical (unpaired) electrons. The lowest BCUT2D eigenvalue weighted by Crippen LogP contribution is -2.53. The average Bonchev–Trinajstić information content (AvgIpc) is 3.59. The number of rotatable bonds is 5. The zero-order valence-corrected chi connectivity index (χ0v) is 21.8. The van der Waals surface area contributed by atoms with Crippen LogP contribution in [-0.4, -0.2) is 64.2 Å². The minimum Gasteiger partial charge on any atom is -0.423 e. The summed E-state index contributed by atoms with van der Waals surface area (Å²) >= 11 is 0. The van der Waals surface area contributed by atoms with Crippen LogP contribution in [0, 0.1) is 12.5 Å². The highest BCUT2D eigenvalue weighted by atomic mass is 16.4. The molecular weight excluding hydrogens is 500 g/mol. The van der Waals surface area contributed by atoms with Gasteiger partial charge in [-0.1, -0.05) is 44.2 Å². The molecule has 200 valence electrons. The van der Waals surface area contributed by atoms with Gasteiger partial charge in [0, 0.05) is 19.3 Å². The van der Waals surface area contributed by atoms with Crippen molar-refractivity contribution < 1.29 is 23.6 Å². The molecule has 0 aliphatic carbocycles. The Bertz CT molecular complexity index is 1490. The lowest BCUT2D eigenvalue weighted by atomic mass is 9.80. The number of anilines is 2. The van der Waals surface area contributed by atoms with E-state index in [9.17, 15) is 19.2 Å². The third-order valence-corrected chi connectivity index (χ3v) is 7.36. The summed E-state index contributed by atoms with van der Waals surface area (Å²) in [6.07, 6.45) is -0.481. The van der Waals surface area contributed by atoms with E-state index in [-0.39, 0.29) is 37.2 Å². The molecule has 3 atom stereocenters. The van der Waals surface area contributed by atoms with Gasteiger partial charge in [0.15, 0.2) is 5.58 Å². The van der Waals surface area contributed by atoms with Gasteiger partial charge in [-0.3, -0.25) is 34.2 Å². The Kier molecular flexibility index (Phi) is 6.56. The summed E-state index contributed by atoms with van der Waals surface area (Å²) < 4.78 is 5.48. The molecule has 1 saturated heterocycles. The van der Waals surface area contributed by atoms with Gasteiger partial charge in [0.25, 0.3) is 5.91 Å². The van der Waals surface area contributed by atoms with Crippen molar-refractivity contribution in [1.82, 2.24) is 14.8 Å². The maximum atomic E-state index is 13.9. The van der Waals surface area contributed by atoms with Crippen LogP contribution >= 0.6 is 0 Å². The van der Waals surface area contributed by atoms with Crippen LogP contribution in [0.5, 0.6) is 0 Å². The smallest absolute Gasteiger partial charge is 0.317 e. The van der Waals surface area contributed by atoms with Gasteiger partial charge < -0.3 is 14.6 Å². The maximum absolute atomic E-state index is 13.9. The van der Waals surface area contributed by atoms with Gasteiger partial charge in [-0.25, -0.2) is 6.57 Å². The van der Waals surface area contributed by atoms with Crippen molar-refractivity contribution >= 4 is 46.4 Å². The highest BCUT2D eigenvalue weighted by Gasteiger charge is 2.59. The van der Waals surface area contributed by atoms with Crippen molar-refractivity contribution in [2.24, 2.45) is 5.92 Å². The van der Waals surface area contributed by atoms with E-state index in [4.69, 9.17) is 11.0 Å². The molecule has 2 aromatic carbocycles. The molecule has 0 unspecified atom stereocenters. The summed E-state index contributed by atoms with van der Waals surface area (Å²) in [6, 6.07) is 13.0. The van der Waals surface area contributed by atoms with Crippen LogP contribution in [0.15, 0.2) is 52.9 Å². The largest absolute Gasteiger partial charge is 0.423 e. The first-order valence-electron chi connectivity index (χ1n) is 12.7. The number of fused-ring (bicyclic) bond motifs is 3. The average molecular weight is 529 g/mol. The Morgan fingerprint density at radius 1 is 1.23 bits per heavy atom. The molecule has 11 nitrogen and oxygen atoms in total. The molecule has 1 aromatic heterocycles. The second kappa shape index (κ2) is 9.87. The van der Waals surface area contributed by atoms with Crippen LogP contribution in [0.2, 0.25) is 0 Å². The molecule has 39 heavy (non-hydrogen) atoms. The highest BCUT2D eigenvalue weighted by Crippen LogP contribution is 2.47. The molecule has 1 spiro atoms. The molecule has 3 aromatic rings. The Morgan fingerprint density at radius 2 is 1.95 bits per heavy atom. The number of amides is 4. The standard InChI is InChI=1S/C28H28N6O5/c1-16(2)13-20(33(4)25(37)23(35)32-27-31-19-11-7-8-12-21(19)39-27)24(36)34-15-28(14-22(34)29-3)17-9-5-6-10-18(17)30-26(28)38/h5-12,16,20,22H,13-15H2,1-2,4H3,(H,30,38)(H,31,32,35)/t20-,22-,28-/m0/s1. The molecule has 2 aliphatic heterocycles. The fraction of sp³-hybridized carbons (Fsp3) is 0.357. The summed E-state index contributed by atoms with van der Waals surface area (Å²) in [5, 5.41) is 5.24. The lowest BCUT2D eigenvalue weighted by molar-refractivity contribution is -0.149. The Hall–Kier alpha value is -4.72. The predicted octanol–water partition coefficient (Wildman–Crippen LogP) is 3.01. The number of nitrogens with zero attached hydrogens (tertiary/aromatic N) is 4. The summed E-state index contributed by atoms with van der Waals surface area (Å²) in [7, 11) is 1.38. The summed E-state index contributed by atoms with van der Waals surface area (Å²) in [6.45, 7) is 11.6. The first-order chi connectivity index (χ1) is 18.6. The molecule has 11 heteroatoms. The van der Waals surface area contributed by atoms with Crippen molar-refractivity contribution in [3.63, 3.8) is 0 Å². The van der Waals surface area contributed by atoms with Crippen molar-refractivity contribution in [1.29, 1.82) is 0 Å². The number of likely N-dealkylation sites (tertiary alicyclic amines) is 1. The van der Waals surface area contributed by atoms with Crippen LogP contribution in [0.3, 0.4) is 0 Å². The molecule has 4 amide bonds. The van der Waals surface area contributed by atoms with Gasteiger partial charge in [0.2, 0.25) is 5.91 Å². The van der Waals surface area contributed by atoms with Crippen LogP contribution in [0.4, 0.5) is 11.7 Å². The van der Waals surface area contributed by atoms with E-state index in [2.05, 4.69) is 20.5 Å². The van der Waals surface area contributed by atoms with Crippen molar-refractivity contribution in [2.75, 3.05) is 24.2 Å². The molecule has 5 rings (SSSR count). The molecule has 3 heterocycles. The fourth-order valence-electron chi connectivity index (χ4n) is 5.40. The third kappa shape index (κ3) is 4.48. The number of carbonyl (C=O) groups excluding carboxylic acids is 4. The van der Waals surface area contributed by atoms with Crippen LogP contribution in [0.25, 0.3) is 15.9 Å². The fourth-order valence-corrected chi connectivity index (χ4v) is 5.40. The Labute approximate surface area is 225 Å². The number of carbonyl (C=O) groups is 4. The van der Waals surface area contributed by atoms with Gasteiger partial charge in [-0.05, 0) is 36.1 Å². The van der Waals surface area contributed by atoms with Crippen LogP contribution in [0.1, 0.15) is 32.3 Å². The topological polar surface area (TPSA) is 129 Å². The number of benzene rings is 2. The highest BCUT2D eigenvalue weighted by molar-refractivity contribution is 6.39. The van der Waals surface area contributed by atoms with E-state index in [1.54, 1.807) is 30.3 Å². The maximum Gasteiger partial charge on any atom is 0.317 e. The van der Waals surface area contributed by atoms with E-state index in [1.165, 1.54) is 11.9 Å². The Morgan fingerprint density at radius 3 is 2.67 bits per heavy atom. The van der Waals surface area contributed by atoms with E-state index in [1.807, 2.05) is 32.0 Å². The third-order valence-electron chi connectivity index (χ3n) is 7.36. The first-order valence-corrected chi connectivity index (χ1v) is 12.7. The number of oxazole rings is 1. The minimum absolute atomic E-state index is 0.00670. The SMILES string of the molecule is [C-]#[N+][C@@H]1C[C@@]2(CN1C(=O)[C@H](CC(C)C)N(C)C(=O)C(=O)Nc1nc3ccccc3o1)C(=O)Nc1ccccc12. The van der Waals surface area contributed by atoms with Crippen molar-refractivity contribution in [3.05, 3.63) is 65.5 Å². The van der Waals surface area contributed by atoms with Gasteiger partial charge in [0.1, 0.15) is 17.0 Å².